The molecule has 0 radical (unpaired) electrons. The van der Waals surface area contributed by atoms with Crippen molar-refractivity contribution in [3.8, 4) is 17.1 Å². The Morgan fingerprint density at radius 3 is 2.40 bits per heavy atom. The minimum Gasteiger partial charge on any atom is -0.460 e. The van der Waals surface area contributed by atoms with Crippen LogP contribution in [0, 0.1) is 6.92 Å². The van der Waals surface area contributed by atoms with Crippen LogP contribution in [0.1, 0.15) is 21.7 Å². The number of carbonyl (C=O) groups is 1. The quantitative estimate of drug-likeness (QED) is 0.520. The predicted octanol–water partition coefficient (Wildman–Crippen LogP) is 4.44. The molecule has 0 unspecified atom stereocenters. The van der Waals surface area contributed by atoms with E-state index in [-0.39, 0.29) is 5.91 Å². The summed E-state index contributed by atoms with van der Waals surface area (Å²) in [6.45, 7) is 2.30. The van der Waals surface area contributed by atoms with E-state index in [1.165, 1.54) is 0 Å². The van der Waals surface area contributed by atoms with Crippen LogP contribution < -0.4 is 10.2 Å². The topological polar surface area (TPSA) is 63.3 Å². The minimum atomic E-state index is -0.196. The van der Waals surface area contributed by atoms with Crippen molar-refractivity contribution in [2.45, 2.75) is 13.5 Å². The Morgan fingerprint density at radius 2 is 1.77 bits per heavy atom. The van der Waals surface area contributed by atoms with Crippen LogP contribution >= 0.6 is 0 Å². The Kier molecular flexibility index (Phi) is 5.39. The molecule has 0 spiro atoms. The first-order chi connectivity index (χ1) is 14.5. The lowest BCUT2D eigenvalue weighted by molar-refractivity contribution is 0.0951. The third kappa shape index (κ3) is 4.12. The van der Waals surface area contributed by atoms with Gasteiger partial charge in [-0.15, -0.1) is 0 Å². The number of nitrogens with one attached hydrogen (secondary N) is 1. The van der Waals surface area contributed by atoms with Gasteiger partial charge in [-0.25, -0.2) is 4.68 Å². The zero-order chi connectivity index (χ0) is 21.1. The fourth-order valence-electron chi connectivity index (χ4n) is 3.19. The summed E-state index contributed by atoms with van der Waals surface area (Å²) in [4.78, 5) is 15.1. The van der Waals surface area contributed by atoms with Gasteiger partial charge < -0.3 is 14.6 Å². The number of amides is 1. The average Bonchev–Trinajstić information content (AvgIpc) is 3.39. The lowest BCUT2D eigenvalue weighted by Crippen LogP contribution is -2.23. The number of rotatable bonds is 6. The number of hydrogen-bond acceptors (Lipinski definition) is 4. The molecule has 2 aromatic carbocycles. The van der Waals surface area contributed by atoms with Crippen LogP contribution in [0.2, 0.25) is 0 Å². The van der Waals surface area contributed by atoms with Crippen molar-refractivity contribution < 1.29 is 9.21 Å². The van der Waals surface area contributed by atoms with Gasteiger partial charge in [-0.3, -0.25) is 4.79 Å². The van der Waals surface area contributed by atoms with E-state index in [0.29, 0.717) is 23.6 Å². The average molecular weight is 400 g/mol. The summed E-state index contributed by atoms with van der Waals surface area (Å²) >= 11 is 0. The number of benzene rings is 2. The zero-order valence-corrected chi connectivity index (χ0v) is 17.3. The summed E-state index contributed by atoms with van der Waals surface area (Å²) in [5, 5.41) is 7.63. The van der Waals surface area contributed by atoms with E-state index >= 15 is 0 Å². The molecule has 30 heavy (non-hydrogen) atoms. The van der Waals surface area contributed by atoms with E-state index in [1.54, 1.807) is 10.9 Å². The maximum absolute atomic E-state index is 13.0. The highest BCUT2D eigenvalue weighted by molar-refractivity contribution is 5.99. The molecule has 2 aromatic heterocycles. The molecule has 0 bridgehead atoms. The molecule has 2 heterocycles. The molecule has 0 saturated carbocycles. The third-order valence-electron chi connectivity index (χ3n) is 4.86. The fourth-order valence-corrected chi connectivity index (χ4v) is 3.19. The van der Waals surface area contributed by atoms with Gasteiger partial charge in [0.15, 0.2) is 5.76 Å². The molecule has 0 aliphatic heterocycles. The maximum atomic E-state index is 13.0. The highest BCUT2D eigenvalue weighted by atomic mass is 16.3. The van der Waals surface area contributed by atoms with Crippen LogP contribution in [0.3, 0.4) is 0 Å². The van der Waals surface area contributed by atoms with E-state index in [0.717, 1.165) is 22.7 Å². The number of aromatic nitrogens is 2. The van der Waals surface area contributed by atoms with Crippen LogP contribution in [-0.4, -0.2) is 29.8 Å². The fraction of sp³-hybridized carbons (Fsp3) is 0.167. The van der Waals surface area contributed by atoms with Crippen LogP contribution in [0.5, 0.6) is 0 Å². The molecule has 4 aromatic rings. The summed E-state index contributed by atoms with van der Waals surface area (Å²) in [7, 11) is 4.00. The molecule has 4 rings (SSSR count). The van der Waals surface area contributed by atoms with Crippen molar-refractivity contribution in [1.29, 1.82) is 0 Å². The predicted molar refractivity (Wildman–Crippen MR) is 118 cm³/mol. The lowest BCUT2D eigenvalue weighted by atomic mass is 10.1. The van der Waals surface area contributed by atoms with E-state index in [1.807, 2.05) is 92.6 Å². The first-order valence-electron chi connectivity index (χ1n) is 9.77. The summed E-state index contributed by atoms with van der Waals surface area (Å²) in [5.41, 5.74) is 4.01. The Bertz CT molecular complexity index is 1140. The van der Waals surface area contributed by atoms with Gasteiger partial charge in [0.25, 0.3) is 5.91 Å². The number of nitrogens with zero attached hydrogens (tertiary/aromatic N) is 3. The van der Waals surface area contributed by atoms with Gasteiger partial charge in [0.05, 0.1) is 11.3 Å². The van der Waals surface area contributed by atoms with Crippen molar-refractivity contribution >= 4 is 11.6 Å². The van der Waals surface area contributed by atoms with Crippen molar-refractivity contribution in [3.63, 3.8) is 0 Å². The SMILES string of the molecule is Cc1ccc(-c2nn(-c3ccccc3)cc2C(=O)NCc2ccc(N(C)C)cc2)o1. The number of hydrogen-bond donors (Lipinski definition) is 1. The van der Waals surface area contributed by atoms with Crippen molar-refractivity contribution in [3.05, 3.63) is 89.8 Å². The van der Waals surface area contributed by atoms with Crippen LogP contribution in [0.15, 0.2) is 77.3 Å². The highest BCUT2D eigenvalue weighted by Crippen LogP contribution is 2.26. The Morgan fingerprint density at radius 1 is 1.03 bits per heavy atom. The molecule has 0 saturated heterocycles. The molecule has 0 fully saturated rings. The monoisotopic (exact) mass is 400 g/mol. The van der Waals surface area contributed by atoms with Gasteiger partial charge in [-0.2, -0.15) is 5.10 Å². The van der Waals surface area contributed by atoms with Gasteiger partial charge in [-0.05, 0) is 48.9 Å². The van der Waals surface area contributed by atoms with Crippen LogP contribution in [0.25, 0.3) is 17.1 Å². The van der Waals surface area contributed by atoms with Gasteiger partial charge in [-0.1, -0.05) is 30.3 Å². The zero-order valence-electron chi connectivity index (χ0n) is 17.3. The van der Waals surface area contributed by atoms with Gasteiger partial charge in [0.1, 0.15) is 11.5 Å². The molecular formula is C24H24N4O2. The summed E-state index contributed by atoms with van der Waals surface area (Å²) in [6, 6.07) is 21.5. The number of aryl methyl sites for hydroxylation is 1. The van der Waals surface area contributed by atoms with E-state index < -0.39 is 0 Å². The van der Waals surface area contributed by atoms with E-state index in [2.05, 4.69) is 10.4 Å². The van der Waals surface area contributed by atoms with Gasteiger partial charge in [0, 0.05) is 32.5 Å². The molecular weight excluding hydrogens is 376 g/mol. The molecule has 6 nitrogen and oxygen atoms in total. The van der Waals surface area contributed by atoms with Crippen LogP contribution in [0.4, 0.5) is 5.69 Å². The van der Waals surface area contributed by atoms with Gasteiger partial charge >= 0.3 is 0 Å². The standard InChI is InChI=1S/C24H24N4O2/c1-17-9-14-22(30-17)23-21(16-28(26-23)20-7-5-4-6-8-20)24(29)25-15-18-10-12-19(13-11-18)27(2)3/h4-14,16H,15H2,1-3H3,(H,25,29). The molecule has 1 N–H and O–H groups in total. The molecule has 0 aliphatic rings. The molecule has 1 amide bonds. The number of carbonyl (C=O) groups excluding carboxylic acids is 1. The number of anilines is 1. The van der Waals surface area contributed by atoms with Crippen molar-refractivity contribution in [2.24, 2.45) is 0 Å². The molecule has 6 heteroatoms. The second-order valence-corrected chi connectivity index (χ2v) is 7.33. The normalized spacial score (nSPS) is 10.8. The highest BCUT2D eigenvalue weighted by Gasteiger charge is 2.20. The van der Waals surface area contributed by atoms with Crippen molar-refractivity contribution in [1.82, 2.24) is 15.1 Å². The van der Waals surface area contributed by atoms with E-state index in [4.69, 9.17) is 4.42 Å². The number of para-hydroxylation sites is 1. The maximum Gasteiger partial charge on any atom is 0.255 e. The smallest absolute Gasteiger partial charge is 0.255 e. The second kappa shape index (κ2) is 8.29. The lowest BCUT2D eigenvalue weighted by Gasteiger charge is -2.12. The number of furan rings is 1. The summed E-state index contributed by atoms with van der Waals surface area (Å²) in [6.07, 6.45) is 1.74. The van der Waals surface area contributed by atoms with Crippen molar-refractivity contribution in [2.75, 3.05) is 19.0 Å². The molecule has 0 aliphatic carbocycles. The Labute approximate surface area is 175 Å². The summed E-state index contributed by atoms with van der Waals surface area (Å²) < 4.78 is 7.45. The van der Waals surface area contributed by atoms with Crippen LogP contribution in [-0.2, 0) is 6.54 Å². The van der Waals surface area contributed by atoms with Gasteiger partial charge in [0.2, 0.25) is 0 Å². The summed E-state index contributed by atoms with van der Waals surface area (Å²) in [5.74, 6) is 1.15. The largest absolute Gasteiger partial charge is 0.460 e. The first kappa shape index (κ1) is 19.5. The first-order valence-corrected chi connectivity index (χ1v) is 9.77. The second-order valence-electron chi connectivity index (χ2n) is 7.33. The minimum absolute atomic E-state index is 0.196. The Hall–Kier alpha value is -3.80. The van der Waals surface area contributed by atoms with E-state index in [9.17, 15) is 4.79 Å². The molecule has 152 valence electrons. The Balaban J connectivity index is 1.60. The molecule has 0 atom stereocenters. The third-order valence-corrected chi connectivity index (χ3v) is 4.86.